The molecule has 0 unspecified atom stereocenters. The molecule has 1 amide bonds. The van der Waals surface area contributed by atoms with E-state index in [1.54, 1.807) is 14.0 Å². The van der Waals surface area contributed by atoms with Crippen LogP contribution in [0.2, 0.25) is 0 Å². The molecule has 3 aliphatic heterocycles. The van der Waals surface area contributed by atoms with Gasteiger partial charge in [-0.15, -0.1) is 0 Å². The molecule has 50 heavy (non-hydrogen) atoms. The number of fused-ring (bicyclic) bond motifs is 5. The maximum atomic E-state index is 14.1. The number of nitriles is 1. The van der Waals surface area contributed by atoms with Gasteiger partial charge in [-0.05, 0) is 45.9 Å². The van der Waals surface area contributed by atoms with Crippen molar-refractivity contribution in [2.75, 3.05) is 49.1 Å². The Morgan fingerprint density at radius 3 is 1.82 bits per heavy atom. The number of benzene rings is 1. The van der Waals surface area contributed by atoms with E-state index in [1.165, 1.54) is 54.6 Å². The molecule has 0 radical (unpaired) electrons. The van der Waals surface area contributed by atoms with Crippen LogP contribution in [0.15, 0.2) is 57.1 Å². The molecule has 1 fully saturated rings. The van der Waals surface area contributed by atoms with E-state index in [0.717, 1.165) is 0 Å². The molecule has 1 N–H and O–H groups in total. The van der Waals surface area contributed by atoms with Gasteiger partial charge in [-0.25, -0.2) is 0 Å². The summed E-state index contributed by atoms with van der Waals surface area (Å²) < 4.78 is 27.0. The van der Waals surface area contributed by atoms with Crippen molar-refractivity contribution < 1.29 is 47.7 Å². The van der Waals surface area contributed by atoms with Crippen LogP contribution in [0.25, 0.3) is 0 Å². The number of ether oxygens (including phenoxy) is 5. The quantitative estimate of drug-likeness (QED) is 0.391. The molecule has 1 saturated heterocycles. The summed E-state index contributed by atoms with van der Waals surface area (Å²) in [5.41, 5.74) is 1.43. The molecule has 1 aromatic rings. The molecule has 2 bridgehead atoms. The number of carbonyl (C=O) groups excluding carboxylic acids is 5. The SMILES string of the molecule is COC1=C(C)C(=O)C2=C(C1=O)[C@@H]1[C@@H]3CC4=C(C(=O)C(OC)=C(C)C4=O)[C@H](CNC(=O)c4cc(OC)c(OC)c(OC)c4)N3[C@@H](C#N)[C@H](C2)N1C. The van der Waals surface area contributed by atoms with E-state index in [-0.39, 0.29) is 81.6 Å². The number of amides is 1. The van der Waals surface area contributed by atoms with Gasteiger partial charge >= 0.3 is 0 Å². The van der Waals surface area contributed by atoms with E-state index in [9.17, 15) is 29.2 Å². The number of nitrogens with one attached hydrogen (secondary N) is 1. The van der Waals surface area contributed by atoms with Gasteiger partial charge in [0.2, 0.25) is 17.3 Å². The molecular weight excluding hydrogens is 648 g/mol. The minimum absolute atomic E-state index is 0.00866. The summed E-state index contributed by atoms with van der Waals surface area (Å²) >= 11 is 0. The summed E-state index contributed by atoms with van der Waals surface area (Å²) in [7, 11) is 8.73. The number of nitrogens with zero attached hydrogens (tertiary/aromatic N) is 3. The highest BCUT2D eigenvalue weighted by atomic mass is 16.5. The highest BCUT2D eigenvalue weighted by Gasteiger charge is 2.59. The zero-order valence-electron chi connectivity index (χ0n) is 29.1. The van der Waals surface area contributed by atoms with Crippen LogP contribution >= 0.6 is 0 Å². The summed E-state index contributed by atoms with van der Waals surface area (Å²) in [4.78, 5) is 73.3. The van der Waals surface area contributed by atoms with Crippen molar-refractivity contribution in [1.29, 1.82) is 5.26 Å². The van der Waals surface area contributed by atoms with Crippen molar-refractivity contribution in [3.05, 3.63) is 62.7 Å². The van der Waals surface area contributed by atoms with Crippen molar-refractivity contribution >= 4 is 29.0 Å². The Bertz CT molecular complexity index is 1910. The standard InChI is InChI=1S/C36H38N4O10/c1-15-29(41)18-12-21-28-27-19(30(42)16(2)34(49-7)32(27)44)11-20(39(28)3)22(13-37)40(21)23(26(18)31(43)33(15)48-6)14-38-36(45)17-9-24(46-4)35(50-8)25(10-17)47-5/h9-10,20-23,28H,11-12,14H2,1-8H3,(H,38,45)/t20-,21-,22-,23-,28-/m0/s1. The number of allylic oxidation sites excluding steroid dienone is 4. The molecule has 3 heterocycles. The largest absolute Gasteiger partial charge is 0.493 e. The average Bonchev–Trinajstić information content (AvgIpc) is 3.11. The van der Waals surface area contributed by atoms with Crippen LogP contribution in [0.3, 0.4) is 0 Å². The molecule has 14 heteroatoms. The third-order valence-corrected chi connectivity index (χ3v) is 10.6. The number of hydrogen-bond acceptors (Lipinski definition) is 13. The third kappa shape index (κ3) is 4.86. The molecule has 1 aromatic carbocycles. The fraction of sp³-hybridized carbons (Fsp3) is 0.444. The van der Waals surface area contributed by atoms with Gasteiger partial charge in [0.25, 0.3) is 5.91 Å². The van der Waals surface area contributed by atoms with Crippen molar-refractivity contribution in [1.82, 2.24) is 15.1 Å². The second-order valence-corrected chi connectivity index (χ2v) is 12.7. The number of methoxy groups -OCH3 is 5. The Labute approximate surface area is 288 Å². The molecule has 2 aliphatic carbocycles. The maximum absolute atomic E-state index is 14.1. The van der Waals surface area contributed by atoms with Gasteiger partial charge in [0.05, 0.1) is 53.7 Å². The summed E-state index contributed by atoms with van der Waals surface area (Å²) in [6.07, 6.45) is 0.114. The fourth-order valence-electron chi connectivity index (χ4n) is 8.32. The minimum Gasteiger partial charge on any atom is -0.493 e. The number of rotatable bonds is 8. The number of likely N-dealkylation sites (N-methyl/N-ethyl adjacent to an activating group) is 1. The van der Waals surface area contributed by atoms with E-state index >= 15 is 0 Å². The highest BCUT2D eigenvalue weighted by molar-refractivity contribution is 6.26. The van der Waals surface area contributed by atoms with Gasteiger partial charge in [0, 0.05) is 57.6 Å². The number of ketones is 4. The van der Waals surface area contributed by atoms with Crippen LogP contribution in [0.1, 0.15) is 37.0 Å². The lowest BCUT2D eigenvalue weighted by atomic mass is 9.67. The zero-order valence-corrected chi connectivity index (χ0v) is 29.1. The van der Waals surface area contributed by atoms with E-state index in [2.05, 4.69) is 11.4 Å². The summed E-state index contributed by atoms with van der Waals surface area (Å²) in [5.74, 6) is -1.57. The van der Waals surface area contributed by atoms with Gasteiger partial charge in [0.15, 0.2) is 34.6 Å². The van der Waals surface area contributed by atoms with Crippen molar-refractivity contribution in [2.45, 2.75) is 56.9 Å². The number of Topliss-reactive ketones (excluding diaryl/α,β-unsaturated/α-hetero) is 4. The Morgan fingerprint density at radius 1 is 0.800 bits per heavy atom. The first-order valence-electron chi connectivity index (χ1n) is 16.0. The Kier molecular flexibility index (Phi) is 8.92. The molecule has 262 valence electrons. The van der Waals surface area contributed by atoms with Crippen LogP contribution in [-0.2, 0) is 28.7 Å². The second-order valence-electron chi connectivity index (χ2n) is 12.7. The van der Waals surface area contributed by atoms with Gasteiger partial charge in [-0.1, -0.05) is 0 Å². The first kappa shape index (κ1) is 34.6. The summed E-state index contributed by atoms with van der Waals surface area (Å²) in [6, 6.07) is 1.47. The predicted molar refractivity (Wildman–Crippen MR) is 175 cm³/mol. The van der Waals surface area contributed by atoms with Gasteiger partial charge in [-0.3, -0.25) is 33.8 Å². The van der Waals surface area contributed by atoms with Gasteiger partial charge < -0.3 is 29.0 Å². The van der Waals surface area contributed by atoms with E-state index in [0.29, 0.717) is 11.3 Å². The Hall–Kier alpha value is -5.26. The normalized spacial score (nSPS) is 26.7. The van der Waals surface area contributed by atoms with Crippen LogP contribution in [-0.4, -0.2) is 118 Å². The minimum atomic E-state index is -0.983. The molecule has 5 atom stereocenters. The Morgan fingerprint density at radius 2 is 1.32 bits per heavy atom. The van der Waals surface area contributed by atoms with E-state index in [1.807, 2.05) is 9.80 Å². The smallest absolute Gasteiger partial charge is 0.251 e. The van der Waals surface area contributed by atoms with Crippen LogP contribution < -0.4 is 19.5 Å². The number of hydrogen-bond donors (Lipinski definition) is 1. The predicted octanol–water partition coefficient (Wildman–Crippen LogP) is 1.60. The van der Waals surface area contributed by atoms with E-state index < -0.39 is 53.5 Å². The van der Waals surface area contributed by atoms with Crippen LogP contribution in [0, 0.1) is 11.3 Å². The molecule has 14 nitrogen and oxygen atoms in total. The summed E-state index contributed by atoms with van der Waals surface area (Å²) in [6.45, 7) is 2.87. The monoisotopic (exact) mass is 686 g/mol. The first-order valence-corrected chi connectivity index (χ1v) is 16.0. The lowest BCUT2D eigenvalue weighted by molar-refractivity contribution is -0.125. The molecule has 0 aromatic heterocycles. The van der Waals surface area contributed by atoms with Crippen LogP contribution in [0.5, 0.6) is 17.2 Å². The topological polar surface area (TPSA) is 174 Å². The molecule has 5 aliphatic rings. The van der Waals surface area contributed by atoms with Crippen LogP contribution in [0.4, 0.5) is 0 Å². The molecule has 6 rings (SSSR count). The van der Waals surface area contributed by atoms with E-state index in [4.69, 9.17) is 23.7 Å². The van der Waals surface area contributed by atoms with Gasteiger partial charge in [-0.2, -0.15) is 5.26 Å². The Balaban J connectivity index is 1.48. The highest BCUT2D eigenvalue weighted by Crippen LogP contribution is 2.49. The fourth-order valence-corrected chi connectivity index (χ4v) is 8.32. The zero-order chi connectivity index (χ0) is 36.3. The van der Waals surface area contributed by atoms with Crippen molar-refractivity contribution in [3.63, 3.8) is 0 Å². The number of piperazine rings is 1. The third-order valence-electron chi connectivity index (χ3n) is 10.6. The number of carbonyl (C=O) groups is 5. The lowest BCUT2D eigenvalue weighted by Gasteiger charge is -2.60. The molecule has 0 saturated carbocycles. The maximum Gasteiger partial charge on any atom is 0.251 e. The summed E-state index contributed by atoms with van der Waals surface area (Å²) in [5, 5.41) is 13.7. The average molecular weight is 687 g/mol. The molecule has 0 spiro atoms. The lowest BCUT2D eigenvalue weighted by Crippen LogP contribution is -2.74. The van der Waals surface area contributed by atoms with Crippen molar-refractivity contribution in [2.24, 2.45) is 0 Å². The molecular formula is C36H38N4O10. The van der Waals surface area contributed by atoms with Crippen molar-refractivity contribution in [3.8, 4) is 23.3 Å². The first-order chi connectivity index (χ1) is 23.9. The van der Waals surface area contributed by atoms with Gasteiger partial charge in [0.1, 0.15) is 6.04 Å². The second kappa shape index (κ2) is 12.9.